The van der Waals surface area contributed by atoms with Crippen molar-refractivity contribution in [3.8, 4) is 5.75 Å². The number of methoxy groups -OCH3 is 1. The lowest BCUT2D eigenvalue weighted by molar-refractivity contribution is -0.136. The van der Waals surface area contributed by atoms with Crippen LogP contribution in [0, 0.1) is 0 Å². The van der Waals surface area contributed by atoms with Crippen molar-refractivity contribution < 1.29 is 23.9 Å². The molecule has 2 rings (SSSR count). The summed E-state index contributed by atoms with van der Waals surface area (Å²) >= 11 is 0. The summed E-state index contributed by atoms with van der Waals surface area (Å²) in [7, 11) is 4.67. The zero-order valence-corrected chi connectivity index (χ0v) is 15.9. The maximum absolute atomic E-state index is 13.0. The molecule has 2 N–H and O–H groups in total. The smallest absolute Gasteiger partial charge is 0.325 e. The Morgan fingerprint density at radius 1 is 1.22 bits per heavy atom. The average Bonchev–Trinajstić information content (AvgIpc) is 2.91. The predicted molar refractivity (Wildman–Crippen MR) is 96.9 cm³/mol. The molecule has 0 aliphatic carbocycles. The molecule has 0 unspecified atom stereocenters. The van der Waals surface area contributed by atoms with Crippen molar-refractivity contribution in [2.75, 3.05) is 34.3 Å². The highest BCUT2D eigenvalue weighted by Gasteiger charge is 2.51. The van der Waals surface area contributed by atoms with E-state index in [4.69, 9.17) is 4.74 Å². The van der Waals surface area contributed by atoms with Crippen molar-refractivity contribution >= 4 is 23.8 Å². The van der Waals surface area contributed by atoms with E-state index in [2.05, 4.69) is 10.6 Å². The number of imide groups is 1. The molecule has 1 aliphatic heterocycles. The Balaban J connectivity index is 2.14. The van der Waals surface area contributed by atoms with E-state index in [1.807, 2.05) is 0 Å². The Labute approximate surface area is 157 Å². The van der Waals surface area contributed by atoms with Crippen LogP contribution < -0.4 is 15.4 Å². The minimum Gasteiger partial charge on any atom is -0.497 e. The van der Waals surface area contributed by atoms with E-state index in [-0.39, 0.29) is 12.5 Å². The zero-order valence-electron chi connectivity index (χ0n) is 15.9. The highest BCUT2D eigenvalue weighted by atomic mass is 16.5. The van der Waals surface area contributed by atoms with Crippen molar-refractivity contribution in [3.63, 3.8) is 0 Å². The first kappa shape index (κ1) is 20.2. The number of nitrogens with zero attached hydrogens (tertiary/aromatic N) is 2. The van der Waals surface area contributed by atoms with Crippen LogP contribution in [-0.4, -0.2) is 67.8 Å². The summed E-state index contributed by atoms with van der Waals surface area (Å²) in [4.78, 5) is 51.1. The largest absolute Gasteiger partial charge is 0.497 e. The third-order valence-electron chi connectivity index (χ3n) is 4.53. The predicted octanol–water partition coefficient (Wildman–Crippen LogP) is 0.0567. The Hall–Kier alpha value is -3.10. The van der Waals surface area contributed by atoms with Crippen LogP contribution in [0.15, 0.2) is 24.3 Å². The van der Waals surface area contributed by atoms with Gasteiger partial charge in [0.25, 0.3) is 5.91 Å². The molecule has 146 valence electrons. The van der Waals surface area contributed by atoms with Gasteiger partial charge in [-0.05, 0) is 24.1 Å². The average molecular weight is 376 g/mol. The van der Waals surface area contributed by atoms with Gasteiger partial charge in [-0.3, -0.25) is 19.3 Å². The number of nitrogens with one attached hydrogen (secondary N) is 2. The van der Waals surface area contributed by atoms with Crippen molar-refractivity contribution in [1.82, 2.24) is 20.4 Å². The summed E-state index contributed by atoms with van der Waals surface area (Å²) in [5.74, 6) is -0.755. The minimum absolute atomic E-state index is 0.202. The number of carbonyl (C=O) groups is 4. The molecule has 0 aromatic heterocycles. The second kappa shape index (κ2) is 8.07. The summed E-state index contributed by atoms with van der Waals surface area (Å²) in [6.07, 6.45) is 0.321. The van der Waals surface area contributed by atoms with Crippen LogP contribution in [0.2, 0.25) is 0 Å². The fourth-order valence-corrected chi connectivity index (χ4v) is 2.82. The summed E-state index contributed by atoms with van der Waals surface area (Å²) in [6, 6.07) is 6.18. The van der Waals surface area contributed by atoms with Crippen LogP contribution in [0.3, 0.4) is 0 Å². The van der Waals surface area contributed by atoms with E-state index in [1.165, 1.54) is 12.0 Å². The number of amides is 5. The molecular formula is C18H24N4O5. The zero-order chi connectivity index (χ0) is 20.2. The molecule has 9 heteroatoms. The van der Waals surface area contributed by atoms with Gasteiger partial charge < -0.3 is 20.3 Å². The number of urea groups is 1. The van der Waals surface area contributed by atoms with Crippen LogP contribution >= 0.6 is 0 Å². The van der Waals surface area contributed by atoms with Gasteiger partial charge in [0.15, 0.2) is 0 Å². The molecule has 0 bridgehead atoms. The van der Waals surface area contributed by atoms with Crippen molar-refractivity contribution in [2.45, 2.75) is 18.9 Å². The number of rotatable bonds is 7. The van der Waals surface area contributed by atoms with Gasteiger partial charge in [-0.1, -0.05) is 19.1 Å². The molecule has 1 atom stereocenters. The normalized spacial score (nSPS) is 18.9. The maximum Gasteiger partial charge on any atom is 0.325 e. The van der Waals surface area contributed by atoms with E-state index >= 15 is 0 Å². The van der Waals surface area contributed by atoms with E-state index < -0.39 is 29.9 Å². The van der Waals surface area contributed by atoms with Crippen molar-refractivity contribution in [3.05, 3.63) is 29.8 Å². The van der Waals surface area contributed by atoms with Gasteiger partial charge in [0.2, 0.25) is 11.8 Å². The minimum atomic E-state index is -1.23. The Morgan fingerprint density at radius 2 is 1.85 bits per heavy atom. The summed E-state index contributed by atoms with van der Waals surface area (Å²) in [5.41, 5.74) is -0.627. The van der Waals surface area contributed by atoms with E-state index in [0.717, 1.165) is 4.90 Å². The Bertz CT molecular complexity index is 747. The van der Waals surface area contributed by atoms with E-state index in [1.54, 1.807) is 45.3 Å². The molecule has 0 saturated carbocycles. The number of likely N-dealkylation sites (N-methyl/N-ethyl adjacent to an activating group) is 1. The summed E-state index contributed by atoms with van der Waals surface area (Å²) < 4.78 is 5.12. The van der Waals surface area contributed by atoms with Crippen LogP contribution in [0.25, 0.3) is 0 Å². The number of carbonyl (C=O) groups excluding carboxylic acids is 4. The molecule has 1 aromatic rings. The molecule has 1 fully saturated rings. The van der Waals surface area contributed by atoms with Crippen LogP contribution in [0.5, 0.6) is 5.75 Å². The molecule has 27 heavy (non-hydrogen) atoms. The standard InChI is InChI=1S/C18H24N4O5/c1-5-18(12-6-8-13(27-4)9-7-12)16(25)22(17(26)20-18)11-14(23)19-10-15(24)21(2)3/h6-9H,5,10-11H2,1-4H3,(H,19,23)(H,20,26)/t18-/m1/s1. The third kappa shape index (κ3) is 4.02. The maximum atomic E-state index is 13.0. The fraction of sp³-hybridized carbons (Fsp3) is 0.444. The third-order valence-corrected chi connectivity index (χ3v) is 4.53. The lowest BCUT2D eigenvalue weighted by Crippen LogP contribution is -2.45. The monoisotopic (exact) mass is 376 g/mol. The van der Waals surface area contributed by atoms with Gasteiger partial charge >= 0.3 is 6.03 Å². The highest BCUT2D eigenvalue weighted by molar-refractivity contribution is 6.09. The molecule has 0 radical (unpaired) electrons. The fourth-order valence-electron chi connectivity index (χ4n) is 2.82. The summed E-state index contributed by atoms with van der Waals surface area (Å²) in [6.45, 7) is 1.12. The molecule has 1 saturated heterocycles. The quantitative estimate of drug-likeness (QED) is 0.654. The molecule has 5 amide bonds. The second-order valence-electron chi connectivity index (χ2n) is 6.37. The van der Waals surface area contributed by atoms with Gasteiger partial charge in [-0.15, -0.1) is 0 Å². The number of hydrogen-bond donors (Lipinski definition) is 2. The molecule has 1 aromatic carbocycles. The number of ether oxygens (including phenoxy) is 1. The number of hydrogen-bond acceptors (Lipinski definition) is 5. The SMILES string of the molecule is CC[C@]1(c2ccc(OC)cc2)NC(=O)N(CC(=O)NCC(=O)N(C)C)C1=O. The van der Waals surface area contributed by atoms with E-state index in [0.29, 0.717) is 17.7 Å². The lowest BCUT2D eigenvalue weighted by atomic mass is 9.87. The molecular weight excluding hydrogens is 352 g/mol. The Kier molecular flexibility index (Phi) is 6.04. The van der Waals surface area contributed by atoms with Crippen molar-refractivity contribution in [1.29, 1.82) is 0 Å². The van der Waals surface area contributed by atoms with E-state index in [9.17, 15) is 19.2 Å². The van der Waals surface area contributed by atoms with Gasteiger partial charge in [-0.25, -0.2) is 4.79 Å². The van der Waals surface area contributed by atoms with Gasteiger partial charge in [0, 0.05) is 14.1 Å². The lowest BCUT2D eigenvalue weighted by Gasteiger charge is -2.26. The van der Waals surface area contributed by atoms with Gasteiger partial charge in [-0.2, -0.15) is 0 Å². The first-order valence-corrected chi connectivity index (χ1v) is 8.50. The molecule has 1 aliphatic rings. The van der Waals surface area contributed by atoms with Crippen LogP contribution in [-0.2, 0) is 19.9 Å². The van der Waals surface area contributed by atoms with Gasteiger partial charge in [0.1, 0.15) is 17.8 Å². The topological polar surface area (TPSA) is 108 Å². The number of benzene rings is 1. The van der Waals surface area contributed by atoms with Crippen molar-refractivity contribution in [2.24, 2.45) is 0 Å². The Morgan fingerprint density at radius 3 is 2.37 bits per heavy atom. The molecule has 0 spiro atoms. The molecule has 9 nitrogen and oxygen atoms in total. The van der Waals surface area contributed by atoms with Crippen LogP contribution in [0.4, 0.5) is 4.79 Å². The van der Waals surface area contributed by atoms with Crippen LogP contribution in [0.1, 0.15) is 18.9 Å². The highest BCUT2D eigenvalue weighted by Crippen LogP contribution is 2.33. The second-order valence-corrected chi connectivity index (χ2v) is 6.37. The first-order chi connectivity index (χ1) is 12.7. The summed E-state index contributed by atoms with van der Waals surface area (Å²) in [5, 5.41) is 5.11. The van der Waals surface area contributed by atoms with Gasteiger partial charge in [0.05, 0.1) is 13.7 Å². The molecule has 1 heterocycles. The first-order valence-electron chi connectivity index (χ1n) is 8.50.